The molecule has 0 unspecified atom stereocenters. The van der Waals surface area contributed by atoms with Crippen molar-refractivity contribution in [2.75, 3.05) is 73.2 Å². The van der Waals surface area contributed by atoms with Crippen LogP contribution in [0.1, 0.15) is 143 Å². The molecule has 0 radical (unpaired) electrons. The van der Waals surface area contributed by atoms with Gasteiger partial charge < -0.3 is 65.0 Å². The zero-order valence-electron chi connectivity index (χ0n) is 53.4. The number of carbonyl (C=O) groups excluding carboxylic acids is 6. The van der Waals surface area contributed by atoms with Crippen molar-refractivity contribution >= 4 is 118 Å². The van der Waals surface area contributed by atoms with Crippen molar-refractivity contribution in [2.24, 2.45) is 0 Å². The molecule has 6 heterocycles. The lowest BCUT2D eigenvalue weighted by Crippen LogP contribution is -2.51. The zero-order chi connectivity index (χ0) is 66.1. The largest absolute Gasteiger partial charge is 0.444 e. The highest BCUT2D eigenvalue weighted by Crippen LogP contribution is 2.36. The van der Waals surface area contributed by atoms with Gasteiger partial charge in [0, 0.05) is 124 Å². The maximum absolute atomic E-state index is 12.3. The van der Waals surface area contributed by atoms with Crippen molar-refractivity contribution in [3.8, 4) is 0 Å². The topological polar surface area (TPSA) is 255 Å². The molecule has 21 nitrogen and oxygen atoms in total. The molecule has 0 bridgehead atoms. The van der Waals surface area contributed by atoms with E-state index in [0.29, 0.717) is 103 Å². The van der Waals surface area contributed by atoms with Gasteiger partial charge in [0.05, 0.1) is 24.6 Å². The van der Waals surface area contributed by atoms with Gasteiger partial charge in [0.25, 0.3) is 0 Å². The number of piperidine rings is 4. The molecule has 510 valence electrons. The molecule has 4 aromatic carbocycles. The molecule has 0 saturated carbocycles. The number of nitrogens with one attached hydrogen (secondary N) is 2. The van der Waals surface area contributed by atoms with E-state index in [0.717, 1.165) is 72.5 Å². The van der Waals surface area contributed by atoms with Crippen LogP contribution in [-0.4, -0.2) is 148 Å². The Kier molecular flexibility index (Phi) is 30.6. The van der Waals surface area contributed by atoms with Crippen molar-refractivity contribution in [1.29, 1.82) is 0 Å². The predicted molar refractivity (Wildman–Crippen MR) is 365 cm³/mol. The summed E-state index contributed by atoms with van der Waals surface area (Å²) in [4.78, 5) is 79.5. The first kappa shape index (κ1) is 78.3. The van der Waals surface area contributed by atoms with Crippen LogP contribution in [0.25, 0.3) is 0 Å². The van der Waals surface area contributed by atoms with E-state index in [1.165, 1.54) is 0 Å². The van der Waals surface area contributed by atoms with Gasteiger partial charge in [-0.1, -0.05) is 53.8 Å². The second-order valence-corrected chi connectivity index (χ2v) is 27.2. The Labute approximate surface area is 568 Å². The fourth-order valence-electron chi connectivity index (χ4n) is 10.4. The number of nitrogens with zero attached hydrogens (tertiary/aromatic N) is 5. The fraction of sp³-hybridized carbons (Fsp3) is 0.545. The first-order chi connectivity index (χ1) is 42.4. The van der Waals surface area contributed by atoms with Crippen molar-refractivity contribution in [2.45, 2.75) is 182 Å². The highest BCUT2D eigenvalue weighted by Gasteiger charge is 2.37. The summed E-state index contributed by atoms with van der Waals surface area (Å²) < 4.78 is 26.5. The lowest BCUT2D eigenvalue weighted by molar-refractivity contribution is -0.121. The van der Waals surface area contributed by atoms with E-state index >= 15 is 0 Å². The van der Waals surface area contributed by atoms with Crippen molar-refractivity contribution in [1.82, 2.24) is 20.0 Å². The summed E-state index contributed by atoms with van der Waals surface area (Å²) in [5, 5.41) is 27.4. The number of halogens is 5. The summed E-state index contributed by atoms with van der Waals surface area (Å²) >= 11 is 23.6. The number of fused-ring (bicyclic) bond motifs is 2. The molecule has 0 atom stereocenters. The first-order valence-corrected chi connectivity index (χ1v) is 31.9. The summed E-state index contributed by atoms with van der Waals surface area (Å²) in [5.74, 6) is 0.227. The fourth-order valence-corrected chi connectivity index (χ4v) is 11.2. The number of hydrogen-bond donors (Lipinski definition) is 5. The molecule has 0 aliphatic carbocycles. The number of nitrogens with two attached hydrogens (primary N) is 1. The molecule has 4 fully saturated rings. The third-order valence-electron chi connectivity index (χ3n) is 14.8. The van der Waals surface area contributed by atoms with E-state index in [-0.39, 0.29) is 94.0 Å². The average Bonchev–Trinajstić information content (AvgIpc) is 0.798. The van der Waals surface area contributed by atoms with Crippen LogP contribution in [0.15, 0.2) is 72.8 Å². The number of nitrogen functional groups attached to an aromatic ring is 1. The van der Waals surface area contributed by atoms with Crippen LogP contribution in [-0.2, 0) is 54.9 Å². The van der Waals surface area contributed by atoms with E-state index in [4.69, 9.17) is 80.9 Å². The molecule has 0 spiro atoms. The highest BCUT2D eigenvalue weighted by molar-refractivity contribution is 6.31. The van der Waals surface area contributed by atoms with Gasteiger partial charge in [0.1, 0.15) is 35.8 Å². The van der Waals surface area contributed by atoms with Gasteiger partial charge in [-0.15, -0.1) is 12.4 Å². The SMILES string of the molecule is C.CC(C)(C)OC(=O)N1CCC(=O)CC1.CC(C)(C)OC(=O)N1CCC(N2C(=O)OCc3cc(Cl)ccc32)CC1.CC(C)(C)OC(=O)N1CCC(Nc2ccc(Cl)cc2CO)CC1.Cl.Nc1ccc(Cl)cc1CO.O=C1OCc2cc(Cl)ccc2N1C1CCNCC1. The minimum atomic E-state index is -0.511. The number of ether oxygens (including phenoxy) is 5. The van der Waals surface area contributed by atoms with Crippen LogP contribution in [0.5, 0.6) is 0 Å². The van der Waals surface area contributed by atoms with E-state index in [1.54, 1.807) is 60.9 Å². The zero-order valence-corrected chi connectivity index (χ0v) is 57.3. The second kappa shape index (κ2) is 35.9. The van der Waals surface area contributed by atoms with Crippen LogP contribution in [0, 0.1) is 0 Å². The number of aliphatic hydroxyl groups excluding tert-OH is 2. The van der Waals surface area contributed by atoms with Crippen LogP contribution in [0.2, 0.25) is 20.1 Å². The summed E-state index contributed by atoms with van der Waals surface area (Å²) in [6.07, 6.45) is 4.41. The molecular formula is C66H93Cl5N8O13. The quantitative estimate of drug-likeness (QED) is 0.0888. The lowest BCUT2D eigenvalue weighted by atomic mass is 10.0. The number of ketones is 1. The highest BCUT2D eigenvalue weighted by atomic mass is 35.5. The molecule has 6 aliphatic heterocycles. The molecule has 6 N–H and O–H groups in total. The second-order valence-electron chi connectivity index (χ2n) is 25.4. The summed E-state index contributed by atoms with van der Waals surface area (Å²) in [6, 6.07) is 22.0. The molecule has 10 rings (SSSR count). The number of rotatable bonds is 6. The minimum Gasteiger partial charge on any atom is -0.444 e. The smallest absolute Gasteiger partial charge is 0.414 e. The van der Waals surface area contributed by atoms with Gasteiger partial charge in [0.2, 0.25) is 0 Å². The van der Waals surface area contributed by atoms with Gasteiger partial charge in [-0.05, 0) is 187 Å². The van der Waals surface area contributed by atoms with Crippen LogP contribution in [0.3, 0.4) is 0 Å². The number of Topliss-reactive ketones (excluding diaryl/α,β-unsaturated/α-hetero) is 1. The maximum Gasteiger partial charge on any atom is 0.414 e. The van der Waals surface area contributed by atoms with Crippen molar-refractivity contribution < 1.29 is 62.7 Å². The summed E-state index contributed by atoms with van der Waals surface area (Å²) in [6.45, 7) is 22.4. The maximum atomic E-state index is 12.3. The van der Waals surface area contributed by atoms with Crippen LogP contribution >= 0.6 is 58.8 Å². The van der Waals surface area contributed by atoms with E-state index in [2.05, 4.69) is 10.6 Å². The Morgan fingerprint density at radius 3 is 1.34 bits per heavy atom. The molecule has 5 amide bonds. The normalized spacial score (nSPS) is 17.0. The molecule has 92 heavy (non-hydrogen) atoms. The number of aliphatic hydroxyl groups is 2. The molecular weight excluding hydrogens is 1290 g/mol. The first-order valence-electron chi connectivity index (χ1n) is 30.4. The average molecular weight is 1380 g/mol. The Bertz CT molecular complexity index is 3090. The number of cyclic esters (lactones) is 2. The van der Waals surface area contributed by atoms with Crippen molar-refractivity contribution in [3.63, 3.8) is 0 Å². The van der Waals surface area contributed by atoms with E-state index < -0.39 is 16.8 Å². The number of likely N-dealkylation sites (tertiary alicyclic amines) is 3. The lowest BCUT2D eigenvalue weighted by Gasteiger charge is -2.40. The van der Waals surface area contributed by atoms with Crippen LogP contribution in [0.4, 0.5) is 46.7 Å². The van der Waals surface area contributed by atoms with Gasteiger partial charge >= 0.3 is 30.5 Å². The van der Waals surface area contributed by atoms with Gasteiger partial charge in [-0.3, -0.25) is 14.6 Å². The van der Waals surface area contributed by atoms with Crippen LogP contribution < -0.4 is 26.2 Å². The van der Waals surface area contributed by atoms with Gasteiger partial charge in [-0.25, -0.2) is 24.0 Å². The number of benzene rings is 4. The minimum absolute atomic E-state index is 0. The molecule has 4 aromatic rings. The van der Waals surface area contributed by atoms with E-state index in [9.17, 15) is 33.9 Å². The Hall–Kier alpha value is -6.17. The Balaban J connectivity index is 0.000000251. The molecule has 0 aromatic heterocycles. The molecule has 4 saturated heterocycles. The molecule has 6 aliphatic rings. The van der Waals surface area contributed by atoms with Gasteiger partial charge in [-0.2, -0.15) is 0 Å². The third-order valence-corrected chi connectivity index (χ3v) is 15.8. The van der Waals surface area contributed by atoms with Crippen molar-refractivity contribution in [3.05, 3.63) is 115 Å². The standard InChI is InChI=1S/C18H23ClN2O4.C17H25ClN2O3.C13H15ClN2O2.C10H17NO3.C7H8ClNO.CH4.ClH/c1-18(2,3)25-16(22)20-8-6-14(7-9-20)21-15-5-4-13(19)10-12(15)11-24-17(21)23;1-17(2,3)23-16(22)20-8-6-14(7-9-20)19-15-5-4-13(18)10-12(15)11-21;14-10-1-2-12-9(7-10)8-18-13(17)16(12)11-3-5-15-6-4-11;1-10(2,3)14-9(13)11-6-4-8(12)5-7-11;8-6-1-2-7(9)5(3-6)4-10;;/h4-5,10,14H,6-9,11H2,1-3H3;4-5,10,14,19,21H,6-9,11H2,1-3H3;1-2,7,11,15H,3-6,8H2;4-7H2,1-3H3;1-3,10H,4,9H2;1H4;1H. The Morgan fingerprint density at radius 2 is 0.924 bits per heavy atom. The monoisotopic (exact) mass is 1380 g/mol. The number of hydrogen-bond acceptors (Lipinski definition) is 16. The Morgan fingerprint density at radius 1 is 0.554 bits per heavy atom. The van der Waals surface area contributed by atoms with Gasteiger partial charge in [0.15, 0.2) is 0 Å². The number of amides is 5. The summed E-state index contributed by atoms with van der Waals surface area (Å²) in [5.41, 5.74) is 10.7. The number of carbonyl (C=O) groups is 6. The predicted octanol–water partition coefficient (Wildman–Crippen LogP) is 14.4. The summed E-state index contributed by atoms with van der Waals surface area (Å²) in [7, 11) is 0. The number of anilines is 4. The molecule has 26 heteroatoms. The van der Waals surface area contributed by atoms with E-state index in [1.807, 2.05) is 98.7 Å². The third kappa shape index (κ3) is 24.6.